The zero-order chi connectivity index (χ0) is 43.7. The molecule has 0 saturated carbocycles. The number of anilines is 2. The molecule has 63 heavy (non-hydrogen) atoms. The average molecular weight is 818 g/mol. The summed E-state index contributed by atoms with van der Waals surface area (Å²) in [6.07, 6.45) is 0. The first-order valence-electron chi connectivity index (χ1n) is 23.0. The highest BCUT2D eigenvalue weighted by Crippen LogP contribution is 2.58. The van der Waals surface area contributed by atoms with E-state index in [1.165, 1.54) is 116 Å². The van der Waals surface area contributed by atoms with Gasteiger partial charge in [0.25, 0.3) is 0 Å². The Hall–Kier alpha value is -6.26. The fourth-order valence-corrected chi connectivity index (χ4v) is 11.7. The summed E-state index contributed by atoms with van der Waals surface area (Å²) in [7, 11) is 0. The number of benzene rings is 7. The van der Waals surface area contributed by atoms with E-state index in [9.17, 15) is 0 Å². The lowest BCUT2D eigenvalue weighted by molar-refractivity contribution is 0.588. The number of hydrogen-bond donors (Lipinski definition) is 0. The van der Waals surface area contributed by atoms with Crippen LogP contribution in [0.25, 0.3) is 66.1 Å². The van der Waals surface area contributed by atoms with Crippen molar-refractivity contribution in [3.63, 3.8) is 0 Å². The van der Waals surface area contributed by atoms with Crippen LogP contribution in [0, 0.1) is 0 Å². The molecule has 2 aromatic heterocycles. The van der Waals surface area contributed by atoms with Crippen molar-refractivity contribution in [1.82, 2.24) is 9.05 Å². The third-order valence-electron chi connectivity index (χ3n) is 14.9. The minimum atomic E-state index is -0.268. The highest BCUT2D eigenvalue weighted by molar-refractivity contribution is 6.86. The maximum Gasteiger partial charge on any atom is 0.329 e. The van der Waals surface area contributed by atoms with E-state index in [1.54, 1.807) is 0 Å². The molecule has 4 heterocycles. The highest BCUT2D eigenvalue weighted by Gasteiger charge is 2.53. The molecular weight excluding hydrogens is 761 g/mol. The fourth-order valence-electron chi connectivity index (χ4n) is 11.7. The lowest BCUT2D eigenvalue weighted by Gasteiger charge is -2.43. The van der Waals surface area contributed by atoms with Gasteiger partial charge in [0.1, 0.15) is 0 Å². The minimum absolute atomic E-state index is 0.00229. The molecule has 0 unspecified atom stereocenters. The van der Waals surface area contributed by atoms with Gasteiger partial charge in [-0.2, -0.15) is 0 Å². The molecule has 0 fully saturated rings. The van der Waals surface area contributed by atoms with Crippen molar-refractivity contribution < 1.29 is 0 Å². The molecule has 1 aliphatic carbocycles. The monoisotopic (exact) mass is 817 g/mol. The molecule has 0 amide bonds. The Morgan fingerprint density at radius 2 is 1.06 bits per heavy atom. The van der Waals surface area contributed by atoms with E-state index in [-0.39, 0.29) is 28.5 Å². The summed E-state index contributed by atoms with van der Waals surface area (Å²) < 4.78 is 5.29. The van der Waals surface area contributed by atoms with Gasteiger partial charge in [-0.3, -0.25) is 0 Å². The van der Waals surface area contributed by atoms with E-state index >= 15 is 0 Å². The predicted molar refractivity (Wildman–Crippen MR) is 271 cm³/mol. The van der Waals surface area contributed by atoms with Gasteiger partial charge in [0.2, 0.25) is 0 Å². The summed E-state index contributed by atoms with van der Waals surface area (Å²) in [6.45, 7) is 26.1. The van der Waals surface area contributed by atoms with Gasteiger partial charge in [0.15, 0.2) is 0 Å². The molecule has 0 N–H and O–H groups in total. The van der Waals surface area contributed by atoms with Crippen LogP contribution in [-0.2, 0) is 21.7 Å². The molecule has 310 valence electrons. The van der Waals surface area contributed by atoms with Gasteiger partial charge < -0.3 is 13.9 Å². The number of fused-ring (bicyclic) bond motifs is 12. The number of aromatic nitrogens is 2. The third kappa shape index (κ3) is 5.15. The first-order chi connectivity index (χ1) is 29.9. The van der Waals surface area contributed by atoms with Crippen molar-refractivity contribution in [2.45, 2.75) is 97.8 Å². The van der Waals surface area contributed by atoms with Crippen LogP contribution in [0.4, 0.5) is 11.4 Å². The maximum atomic E-state index is 2.78. The van der Waals surface area contributed by atoms with Crippen molar-refractivity contribution >= 4 is 73.0 Å². The van der Waals surface area contributed by atoms with Gasteiger partial charge in [-0.15, -0.1) is 0 Å². The first kappa shape index (κ1) is 38.4. The molecule has 3 nitrogen and oxygen atoms in total. The summed E-state index contributed by atoms with van der Waals surface area (Å²) in [4.78, 5) is 2.68. The fraction of sp³-hybridized carbons (Fsp3) is 0.254. The van der Waals surface area contributed by atoms with Crippen LogP contribution in [0.5, 0.6) is 0 Å². The number of nitrogens with zero attached hydrogens (tertiary/aromatic N) is 3. The summed E-state index contributed by atoms with van der Waals surface area (Å²) in [6, 6.07) is 53.9. The Balaban J connectivity index is 1.30. The molecule has 0 bridgehead atoms. The molecule has 0 radical (unpaired) electrons. The molecule has 12 rings (SSSR count). The van der Waals surface area contributed by atoms with Crippen molar-refractivity contribution in [3.05, 3.63) is 173 Å². The van der Waals surface area contributed by atoms with E-state index in [0.29, 0.717) is 0 Å². The van der Waals surface area contributed by atoms with Gasteiger partial charge in [-0.25, -0.2) is 0 Å². The highest BCUT2D eigenvalue weighted by atomic mass is 15.2. The molecule has 9 aromatic rings. The van der Waals surface area contributed by atoms with Crippen LogP contribution in [0.2, 0.25) is 0 Å². The van der Waals surface area contributed by atoms with E-state index in [0.717, 1.165) is 0 Å². The van der Waals surface area contributed by atoms with Crippen LogP contribution in [0.3, 0.4) is 0 Å². The van der Waals surface area contributed by atoms with Crippen LogP contribution in [0.15, 0.2) is 145 Å². The second-order valence-corrected chi connectivity index (χ2v) is 22.3. The minimum Gasteiger partial charge on any atom is -0.376 e. The number of hydrogen-bond acceptors (Lipinski definition) is 1. The third-order valence-corrected chi connectivity index (χ3v) is 14.9. The largest absolute Gasteiger partial charge is 0.376 e. The van der Waals surface area contributed by atoms with E-state index in [2.05, 4.69) is 230 Å². The second kappa shape index (κ2) is 12.5. The standard InChI is InChI=1S/C59H56BN3/c1-56(2,3)35-25-28-39(29-26-35)62-49-33-37(58(7,8)9)32-42-43-34-48-50(40-21-15-17-23-46(40)61(48)38-19-13-12-14-20-38)51-41-22-16-18-24-47(41)63(53(43)51)60(52(42)49)55-54(62)44-31-36(57(4,5)6)27-30-45(44)59(55,10)11/h12-34H,1-11H3. The van der Waals surface area contributed by atoms with E-state index in [1.807, 2.05) is 0 Å². The number of rotatable bonds is 2. The number of para-hydroxylation sites is 3. The molecule has 3 aliphatic rings. The van der Waals surface area contributed by atoms with Crippen molar-refractivity contribution in [3.8, 4) is 16.8 Å². The molecule has 0 spiro atoms. The topological polar surface area (TPSA) is 13.1 Å². The van der Waals surface area contributed by atoms with Crippen molar-refractivity contribution in [2.24, 2.45) is 0 Å². The zero-order valence-corrected chi connectivity index (χ0v) is 38.7. The Labute approximate surface area is 372 Å². The molecule has 2 aliphatic heterocycles. The summed E-state index contributed by atoms with van der Waals surface area (Å²) in [5.74, 6) is 0. The molecule has 4 heteroatoms. The van der Waals surface area contributed by atoms with E-state index in [4.69, 9.17) is 0 Å². The summed E-state index contributed by atoms with van der Waals surface area (Å²) >= 11 is 0. The Kier molecular flexibility index (Phi) is 7.61. The SMILES string of the molecule is CC(C)(C)c1ccc(N2C3=C(B4c5c(cc(C(C)(C)C)cc52)-c2cc5c(c6ccccc6n5-c5ccccc5)c5c6ccccc6n4c25)C(C)(C)c2ccc(C(C)(C)C)cc23)cc1. The van der Waals surface area contributed by atoms with Crippen LogP contribution in [-0.4, -0.2) is 15.9 Å². The Morgan fingerprint density at radius 1 is 0.476 bits per heavy atom. The first-order valence-corrected chi connectivity index (χ1v) is 23.0. The predicted octanol–water partition coefficient (Wildman–Crippen LogP) is 14.9. The molecular formula is C59H56BN3. The average Bonchev–Trinajstić information content (AvgIpc) is 3.85. The van der Waals surface area contributed by atoms with Crippen LogP contribution < -0.4 is 10.4 Å². The molecule has 0 saturated heterocycles. The summed E-state index contributed by atoms with van der Waals surface area (Å²) in [5.41, 5.74) is 22.1. The lowest BCUT2D eigenvalue weighted by Crippen LogP contribution is -2.52. The second-order valence-electron chi connectivity index (χ2n) is 22.3. The van der Waals surface area contributed by atoms with Gasteiger partial charge in [-0.05, 0) is 110 Å². The van der Waals surface area contributed by atoms with Crippen molar-refractivity contribution in [2.75, 3.05) is 4.90 Å². The zero-order valence-electron chi connectivity index (χ0n) is 38.7. The molecule has 0 atom stereocenters. The summed E-state index contributed by atoms with van der Waals surface area (Å²) in [5, 5.41) is 5.28. The Bertz CT molecular complexity index is 3460. The van der Waals surface area contributed by atoms with Gasteiger partial charge >= 0.3 is 6.85 Å². The van der Waals surface area contributed by atoms with Gasteiger partial charge in [-0.1, -0.05) is 161 Å². The normalized spacial score (nSPS) is 15.5. The smallest absolute Gasteiger partial charge is 0.329 e. The van der Waals surface area contributed by atoms with Gasteiger partial charge in [0.05, 0.1) is 11.0 Å². The van der Waals surface area contributed by atoms with Gasteiger partial charge in [0, 0.05) is 71.9 Å². The van der Waals surface area contributed by atoms with E-state index < -0.39 is 0 Å². The number of allylic oxidation sites excluding steroid dienone is 1. The maximum absolute atomic E-state index is 2.78. The quantitative estimate of drug-likeness (QED) is 0.158. The van der Waals surface area contributed by atoms with Crippen LogP contribution in [0.1, 0.15) is 104 Å². The molecule has 7 aromatic carbocycles. The van der Waals surface area contributed by atoms with Crippen molar-refractivity contribution in [1.29, 1.82) is 0 Å². The Morgan fingerprint density at radius 3 is 1.73 bits per heavy atom. The van der Waals surface area contributed by atoms with Crippen LogP contribution >= 0.6 is 0 Å². The lowest BCUT2D eigenvalue weighted by atomic mass is 9.40.